The summed E-state index contributed by atoms with van der Waals surface area (Å²) in [5.74, 6) is 1.38. The highest BCUT2D eigenvalue weighted by molar-refractivity contribution is 5.10. The minimum Gasteiger partial charge on any atom is -0.393 e. The molecule has 4 fully saturated rings. The summed E-state index contributed by atoms with van der Waals surface area (Å²) in [6, 6.07) is 0. The summed E-state index contributed by atoms with van der Waals surface area (Å²) in [6.45, 7) is 6.45. The first-order valence-corrected chi connectivity index (χ1v) is 10.3. The Bertz CT molecular complexity index is 498. The summed E-state index contributed by atoms with van der Waals surface area (Å²) < 4.78 is 0. The first-order valence-electron chi connectivity index (χ1n) is 10.3. The van der Waals surface area contributed by atoms with Crippen LogP contribution < -0.4 is 0 Å². The quantitative estimate of drug-likeness (QED) is 0.640. The van der Waals surface area contributed by atoms with Crippen molar-refractivity contribution in [2.45, 2.75) is 90.4 Å². The Hall–Kier alpha value is -0.120. The average Bonchev–Trinajstić information content (AvgIpc) is 2.85. The predicted molar refractivity (Wildman–Crippen MR) is 94.1 cm³/mol. The van der Waals surface area contributed by atoms with Crippen LogP contribution >= 0.6 is 0 Å². The lowest BCUT2D eigenvalue weighted by atomic mass is 9.44. The Labute approximate surface area is 146 Å². The van der Waals surface area contributed by atoms with E-state index in [2.05, 4.69) is 13.8 Å². The highest BCUT2D eigenvalue weighted by Crippen LogP contribution is 2.68. The number of aliphatic hydroxyl groups is 3. The van der Waals surface area contributed by atoms with Gasteiger partial charge in [0, 0.05) is 5.92 Å². The molecule has 24 heavy (non-hydrogen) atoms. The van der Waals surface area contributed by atoms with Crippen LogP contribution in [0.15, 0.2) is 0 Å². The van der Waals surface area contributed by atoms with Crippen LogP contribution in [0.3, 0.4) is 0 Å². The number of hydrogen-bond donors (Lipinski definition) is 3. The molecule has 138 valence electrons. The molecule has 4 rings (SSSR count). The van der Waals surface area contributed by atoms with E-state index in [4.69, 9.17) is 0 Å². The van der Waals surface area contributed by atoms with Crippen LogP contribution in [-0.4, -0.2) is 27.2 Å². The van der Waals surface area contributed by atoms with Gasteiger partial charge in [-0.15, -0.1) is 0 Å². The Morgan fingerprint density at radius 2 is 1.50 bits per heavy atom. The average molecular weight is 337 g/mol. The largest absolute Gasteiger partial charge is 0.393 e. The molecule has 4 aliphatic rings. The fourth-order valence-corrected chi connectivity index (χ4v) is 8.13. The Morgan fingerprint density at radius 1 is 0.833 bits per heavy atom. The van der Waals surface area contributed by atoms with Crippen molar-refractivity contribution < 1.29 is 15.3 Å². The summed E-state index contributed by atoms with van der Waals surface area (Å²) in [7, 11) is 0. The molecule has 0 spiro atoms. The van der Waals surface area contributed by atoms with E-state index in [-0.39, 0.29) is 17.4 Å². The van der Waals surface area contributed by atoms with E-state index < -0.39 is 5.79 Å². The van der Waals surface area contributed by atoms with Crippen LogP contribution in [0.25, 0.3) is 0 Å². The van der Waals surface area contributed by atoms with Gasteiger partial charge in [0.1, 0.15) is 0 Å². The van der Waals surface area contributed by atoms with Gasteiger partial charge in [0.2, 0.25) is 0 Å². The maximum Gasteiger partial charge on any atom is 0.163 e. The molecule has 0 aromatic rings. The highest BCUT2D eigenvalue weighted by atomic mass is 16.5. The summed E-state index contributed by atoms with van der Waals surface area (Å²) in [4.78, 5) is 0. The van der Waals surface area contributed by atoms with E-state index in [1.165, 1.54) is 32.1 Å². The molecule has 4 saturated carbocycles. The van der Waals surface area contributed by atoms with Crippen molar-refractivity contribution in [3.8, 4) is 0 Å². The van der Waals surface area contributed by atoms with Crippen molar-refractivity contribution in [1.29, 1.82) is 0 Å². The molecular weight excluding hydrogens is 300 g/mol. The Kier molecular flexibility index (Phi) is 3.92. The predicted octanol–water partition coefficient (Wildman–Crippen LogP) is 3.71. The van der Waals surface area contributed by atoms with Crippen LogP contribution in [0, 0.1) is 40.4 Å². The molecule has 0 saturated heterocycles. The van der Waals surface area contributed by atoms with E-state index in [0.717, 1.165) is 37.5 Å². The summed E-state index contributed by atoms with van der Waals surface area (Å²) in [5.41, 5.74) is 0.500. The number of aliphatic hydroxyl groups excluding tert-OH is 1. The van der Waals surface area contributed by atoms with E-state index in [1.807, 2.05) is 0 Å². The lowest BCUT2D eigenvalue weighted by molar-refractivity contribution is -0.222. The van der Waals surface area contributed by atoms with Crippen molar-refractivity contribution in [3.05, 3.63) is 0 Å². The normalized spacial score (nSPS) is 54.8. The smallest absolute Gasteiger partial charge is 0.163 e. The van der Waals surface area contributed by atoms with Gasteiger partial charge in [-0.1, -0.05) is 13.8 Å². The van der Waals surface area contributed by atoms with Crippen molar-refractivity contribution >= 4 is 0 Å². The minimum atomic E-state index is -1.54. The van der Waals surface area contributed by atoms with Gasteiger partial charge in [-0.05, 0) is 99.2 Å². The molecule has 3 N–H and O–H groups in total. The summed E-state index contributed by atoms with van der Waals surface area (Å²) in [6.07, 6.45) is 10.2. The van der Waals surface area contributed by atoms with Crippen LogP contribution in [-0.2, 0) is 0 Å². The first kappa shape index (κ1) is 17.3. The highest BCUT2D eigenvalue weighted by Gasteiger charge is 2.62. The third-order valence-corrected chi connectivity index (χ3v) is 9.30. The second kappa shape index (κ2) is 5.44. The maximum atomic E-state index is 10.3. The summed E-state index contributed by atoms with van der Waals surface area (Å²) >= 11 is 0. The zero-order valence-electron chi connectivity index (χ0n) is 15.7. The molecule has 0 radical (unpaired) electrons. The van der Waals surface area contributed by atoms with E-state index in [1.54, 1.807) is 6.92 Å². The van der Waals surface area contributed by atoms with Crippen molar-refractivity contribution in [2.24, 2.45) is 40.4 Å². The molecule has 0 aromatic carbocycles. The molecule has 0 aromatic heterocycles. The molecular formula is C21H36O3. The van der Waals surface area contributed by atoms with Crippen molar-refractivity contribution in [3.63, 3.8) is 0 Å². The van der Waals surface area contributed by atoms with E-state index >= 15 is 0 Å². The van der Waals surface area contributed by atoms with E-state index in [9.17, 15) is 15.3 Å². The first-order chi connectivity index (χ1) is 11.2. The SMILES string of the molecule is CC(O)(O)C1CCC2C3CC[C@H]4C[C@@H](O)CC[C@]4(C)C3CC[C@@]21C. The minimum absolute atomic E-state index is 0.0228. The standard InChI is InChI=1S/C21H36O3/c1-19-10-8-14(22)12-13(19)4-5-15-16-6-7-18(21(3,23)24)20(16,2)11-9-17(15)19/h13-18,22-24H,4-12H2,1-3H3/t13-,14-,15?,16?,17?,18?,19-,20-/m0/s1. The van der Waals surface area contributed by atoms with Gasteiger partial charge in [0.05, 0.1) is 6.10 Å². The molecule has 0 bridgehead atoms. The molecule has 3 heteroatoms. The zero-order chi connectivity index (χ0) is 17.3. The monoisotopic (exact) mass is 336 g/mol. The molecule has 0 amide bonds. The van der Waals surface area contributed by atoms with Crippen LogP contribution in [0.2, 0.25) is 0 Å². The third-order valence-electron chi connectivity index (χ3n) is 9.30. The van der Waals surface area contributed by atoms with Gasteiger partial charge in [-0.3, -0.25) is 0 Å². The number of rotatable bonds is 1. The van der Waals surface area contributed by atoms with Gasteiger partial charge in [-0.25, -0.2) is 0 Å². The van der Waals surface area contributed by atoms with Crippen molar-refractivity contribution in [1.82, 2.24) is 0 Å². The molecule has 3 nitrogen and oxygen atoms in total. The van der Waals surface area contributed by atoms with E-state index in [0.29, 0.717) is 17.3 Å². The molecule has 8 atom stereocenters. The lowest BCUT2D eigenvalue weighted by Gasteiger charge is -2.61. The fourth-order valence-electron chi connectivity index (χ4n) is 8.13. The fraction of sp³-hybridized carbons (Fsp3) is 1.00. The summed E-state index contributed by atoms with van der Waals surface area (Å²) in [5, 5.41) is 30.7. The van der Waals surface area contributed by atoms with Crippen molar-refractivity contribution in [2.75, 3.05) is 0 Å². The zero-order valence-corrected chi connectivity index (χ0v) is 15.7. The van der Waals surface area contributed by atoms with Crippen LogP contribution in [0.4, 0.5) is 0 Å². The van der Waals surface area contributed by atoms with Gasteiger partial charge >= 0.3 is 0 Å². The lowest BCUT2D eigenvalue weighted by Crippen LogP contribution is -2.55. The Balaban J connectivity index is 1.61. The third kappa shape index (κ3) is 2.34. The van der Waals surface area contributed by atoms with Gasteiger partial charge in [-0.2, -0.15) is 0 Å². The van der Waals surface area contributed by atoms with Crippen LogP contribution in [0.1, 0.15) is 78.6 Å². The second-order valence-corrected chi connectivity index (χ2v) is 10.4. The van der Waals surface area contributed by atoms with Gasteiger partial charge in [0.25, 0.3) is 0 Å². The maximum absolute atomic E-state index is 10.3. The van der Waals surface area contributed by atoms with Gasteiger partial charge in [0.15, 0.2) is 5.79 Å². The molecule has 4 unspecified atom stereocenters. The topological polar surface area (TPSA) is 60.7 Å². The van der Waals surface area contributed by atoms with Crippen LogP contribution in [0.5, 0.6) is 0 Å². The van der Waals surface area contributed by atoms with Gasteiger partial charge < -0.3 is 15.3 Å². The number of hydrogen-bond acceptors (Lipinski definition) is 3. The second-order valence-electron chi connectivity index (χ2n) is 10.4. The number of fused-ring (bicyclic) bond motifs is 5. The molecule has 0 heterocycles. The molecule has 4 aliphatic carbocycles. The Morgan fingerprint density at radius 3 is 2.21 bits per heavy atom. The molecule has 0 aliphatic heterocycles.